The number of hydrogen-bond donors (Lipinski definition) is 1. The van der Waals surface area contributed by atoms with Gasteiger partial charge in [-0.05, 0) is 79.3 Å². The van der Waals surface area contributed by atoms with E-state index in [1.54, 1.807) is 12.1 Å². The van der Waals surface area contributed by atoms with Crippen molar-refractivity contribution in [3.05, 3.63) is 89.5 Å². The molecule has 4 nitrogen and oxygen atoms in total. The van der Waals surface area contributed by atoms with Crippen LogP contribution in [0.5, 0.6) is 11.5 Å². The summed E-state index contributed by atoms with van der Waals surface area (Å²) in [6.07, 6.45) is 4.80. The molecule has 1 fully saturated rings. The summed E-state index contributed by atoms with van der Waals surface area (Å²) in [5, 5.41) is 9.74. The summed E-state index contributed by atoms with van der Waals surface area (Å²) in [5.74, 6) is 0.485. The Morgan fingerprint density at radius 3 is 2.26 bits per heavy atom. The number of phenolic OH excluding ortho intramolecular Hbond substituents is 1. The van der Waals surface area contributed by atoms with Crippen molar-refractivity contribution in [3.8, 4) is 11.5 Å². The van der Waals surface area contributed by atoms with Crippen LogP contribution in [0.4, 0.5) is 0 Å². The molecule has 0 radical (unpaired) electrons. The zero-order chi connectivity index (χ0) is 22.4. The molecular formula is C27H32O4. The van der Waals surface area contributed by atoms with E-state index in [2.05, 4.69) is 25.6 Å². The van der Waals surface area contributed by atoms with E-state index in [0.29, 0.717) is 13.2 Å². The largest absolute Gasteiger partial charge is 0.508 e. The first-order chi connectivity index (χ1) is 14.8. The lowest BCUT2D eigenvalue weighted by molar-refractivity contribution is -0.141. The van der Waals surface area contributed by atoms with Gasteiger partial charge in [-0.15, -0.1) is 0 Å². The van der Waals surface area contributed by atoms with Crippen molar-refractivity contribution in [1.29, 1.82) is 0 Å². The van der Waals surface area contributed by atoms with Crippen LogP contribution in [0.2, 0.25) is 0 Å². The molecule has 1 unspecified atom stereocenters. The van der Waals surface area contributed by atoms with Crippen LogP contribution in [0.3, 0.4) is 0 Å². The third kappa shape index (κ3) is 5.87. The summed E-state index contributed by atoms with van der Waals surface area (Å²) in [7, 11) is 0. The Balaban J connectivity index is 1.87. The third-order valence-electron chi connectivity index (χ3n) is 5.21. The molecule has 1 atom stereocenters. The highest BCUT2D eigenvalue weighted by Crippen LogP contribution is 2.34. The van der Waals surface area contributed by atoms with E-state index in [4.69, 9.17) is 14.2 Å². The van der Waals surface area contributed by atoms with Crippen LogP contribution in [-0.2, 0) is 9.47 Å². The second kappa shape index (κ2) is 9.99. The quantitative estimate of drug-likeness (QED) is 0.512. The maximum absolute atomic E-state index is 9.74. The van der Waals surface area contributed by atoms with Gasteiger partial charge in [0.2, 0.25) is 0 Å². The fourth-order valence-corrected chi connectivity index (χ4v) is 3.76. The zero-order valence-electron chi connectivity index (χ0n) is 18.9. The van der Waals surface area contributed by atoms with Gasteiger partial charge in [-0.3, -0.25) is 0 Å². The maximum Gasteiger partial charge on any atom is 0.163 e. The first-order valence-corrected chi connectivity index (χ1v) is 10.7. The summed E-state index contributed by atoms with van der Waals surface area (Å²) < 4.78 is 17.3. The number of phenols is 1. The molecule has 4 heteroatoms. The molecule has 0 spiro atoms. The highest BCUT2D eigenvalue weighted by molar-refractivity contribution is 5.85. The minimum absolute atomic E-state index is 0.0713. The Labute approximate surface area is 185 Å². The van der Waals surface area contributed by atoms with E-state index in [9.17, 15) is 5.11 Å². The number of hydrogen-bond acceptors (Lipinski definition) is 4. The molecule has 1 aliphatic rings. The first kappa shape index (κ1) is 22.9. The van der Waals surface area contributed by atoms with Crippen molar-refractivity contribution in [2.45, 2.75) is 46.0 Å². The predicted molar refractivity (Wildman–Crippen MR) is 125 cm³/mol. The number of benzene rings is 2. The average Bonchev–Trinajstić information content (AvgIpc) is 3.10. The minimum Gasteiger partial charge on any atom is -0.508 e. The van der Waals surface area contributed by atoms with E-state index in [1.807, 2.05) is 57.2 Å². The summed E-state index contributed by atoms with van der Waals surface area (Å²) in [5.41, 5.74) is 5.35. The first-order valence-electron chi connectivity index (χ1n) is 10.7. The van der Waals surface area contributed by atoms with Gasteiger partial charge in [0.25, 0.3) is 0 Å². The SMILES string of the molecule is C=C(/C=C\C)/C(CC)=C(/c1ccc(O)cc1)c1ccc(OCC2COC(C)(C)O2)cc1. The van der Waals surface area contributed by atoms with E-state index >= 15 is 0 Å². The van der Waals surface area contributed by atoms with Crippen LogP contribution in [0.1, 0.15) is 45.2 Å². The summed E-state index contributed by atoms with van der Waals surface area (Å²) in [6.45, 7) is 13.2. The second-order valence-electron chi connectivity index (χ2n) is 8.07. The Kier molecular flexibility index (Phi) is 7.37. The summed E-state index contributed by atoms with van der Waals surface area (Å²) >= 11 is 0. The van der Waals surface area contributed by atoms with E-state index in [-0.39, 0.29) is 11.9 Å². The predicted octanol–water partition coefficient (Wildman–Crippen LogP) is 6.27. The van der Waals surface area contributed by atoms with Gasteiger partial charge in [0.05, 0.1) is 6.61 Å². The van der Waals surface area contributed by atoms with Crippen molar-refractivity contribution in [1.82, 2.24) is 0 Å². The smallest absolute Gasteiger partial charge is 0.163 e. The summed E-state index contributed by atoms with van der Waals surface area (Å²) in [4.78, 5) is 0. The van der Waals surface area contributed by atoms with Gasteiger partial charge < -0.3 is 19.3 Å². The fraction of sp³-hybridized carbons (Fsp3) is 0.333. The Bertz CT molecular complexity index is 950. The van der Waals surface area contributed by atoms with Crippen LogP contribution in [0.15, 0.2) is 78.4 Å². The molecule has 1 N–H and O–H groups in total. The molecule has 0 aromatic heterocycles. The lowest BCUT2D eigenvalue weighted by Gasteiger charge is -2.18. The lowest BCUT2D eigenvalue weighted by Crippen LogP contribution is -2.25. The number of aromatic hydroxyl groups is 1. The van der Waals surface area contributed by atoms with Crippen molar-refractivity contribution in [2.24, 2.45) is 0 Å². The number of rotatable bonds is 8. The van der Waals surface area contributed by atoms with Gasteiger partial charge in [-0.25, -0.2) is 0 Å². The van der Waals surface area contributed by atoms with E-state index in [1.165, 1.54) is 0 Å². The molecule has 0 bridgehead atoms. The fourth-order valence-electron chi connectivity index (χ4n) is 3.76. The third-order valence-corrected chi connectivity index (χ3v) is 5.21. The van der Waals surface area contributed by atoms with Crippen molar-refractivity contribution in [2.75, 3.05) is 13.2 Å². The molecule has 0 saturated carbocycles. The molecule has 2 aromatic carbocycles. The van der Waals surface area contributed by atoms with Crippen LogP contribution >= 0.6 is 0 Å². The molecule has 0 amide bonds. The Morgan fingerprint density at radius 1 is 1.13 bits per heavy atom. The molecule has 3 rings (SSSR count). The molecule has 1 aliphatic heterocycles. The van der Waals surface area contributed by atoms with Crippen molar-refractivity contribution in [3.63, 3.8) is 0 Å². The van der Waals surface area contributed by atoms with Crippen molar-refractivity contribution < 1.29 is 19.3 Å². The topological polar surface area (TPSA) is 47.9 Å². The van der Waals surface area contributed by atoms with Gasteiger partial charge in [0.1, 0.15) is 24.2 Å². The molecule has 0 aliphatic carbocycles. The van der Waals surface area contributed by atoms with E-state index in [0.717, 1.165) is 40.0 Å². The van der Waals surface area contributed by atoms with Crippen LogP contribution in [0, 0.1) is 0 Å². The van der Waals surface area contributed by atoms with Crippen LogP contribution in [0.25, 0.3) is 5.57 Å². The number of ether oxygens (including phenoxy) is 3. The normalized spacial score (nSPS) is 18.8. The minimum atomic E-state index is -0.548. The maximum atomic E-state index is 9.74. The van der Waals surface area contributed by atoms with E-state index < -0.39 is 5.79 Å². The Morgan fingerprint density at radius 2 is 1.74 bits per heavy atom. The van der Waals surface area contributed by atoms with Crippen LogP contribution in [-0.4, -0.2) is 30.2 Å². The molecule has 31 heavy (non-hydrogen) atoms. The highest BCUT2D eigenvalue weighted by atomic mass is 16.7. The van der Waals surface area contributed by atoms with Gasteiger partial charge in [0, 0.05) is 0 Å². The number of allylic oxidation sites excluding steroid dienone is 4. The molecular weight excluding hydrogens is 388 g/mol. The standard InChI is InChI=1S/C27H32O4/c1-6-8-19(3)25(7-2)26(20-9-13-22(28)14-10-20)21-11-15-23(16-12-21)29-17-24-18-30-27(4,5)31-24/h6,8-16,24,28H,3,7,17-18H2,1-2,4-5H3/b8-6-,26-25-. The molecule has 1 saturated heterocycles. The summed E-state index contributed by atoms with van der Waals surface area (Å²) in [6, 6.07) is 15.4. The van der Waals surface area contributed by atoms with Gasteiger partial charge in [-0.2, -0.15) is 0 Å². The molecule has 2 aromatic rings. The molecule has 1 heterocycles. The molecule has 164 valence electrons. The van der Waals surface area contributed by atoms with Gasteiger partial charge >= 0.3 is 0 Å². The average molecular weight is 421 g/mol. The second-order valence-corrected chi connectivity index (χ2v) is 8.07. The highest BCUT2D eigenvalue weighted by Gasteiger charge is 2.32. The van der Waals surface area contributed by atoms with Crippen molar-refractivity contribution >= 4 is 5.57 Å². The lowest BCUT2D eigenvalue weighted by atomic mass is 9.88. The van der Waals surface area contributed by atoms with Gasteiger partial charge in [0.15, 0.2) is 5.79 Å². The Hall–Kier alpha value is -2.82. The van der Waals surface area contributed by atoms with Crippen LogP contribution < -0.4 is 4.74 Å². The monoisotopic (exact) mass is 420 g/mol. The zero-order valence-corrected chi connectivity index (χ0v) is 18.9. The van der Waals surface area contributed by atoms with Gasteiger partial charge in [-0.1, -0.05) is 49.9 Å².